The molecule has 0 N–H and O–H groups in total. The Morgan fingerprint density at radius 3 is 2.00 bits per heavy atom. The normalized spacial score (nSPS) is 12.4. The van der Waals surface area contributed by atoms with Crippen LogP contribution in [0, 0.1) is 0 Å². The van der Waals surface area contributed by atoms with Gasteiger partial charge in [-0.3, -0.25) is 0 Å². The average molecular weight is 508 g/mol. The first-order valence-corrected chi connectivity index (χ1v) is 18.8. The van der Waals surface area contributed by atoms with Crippen molar-refractivity contribution < 1.29 is 14.4 Å². The molecule has 29 heavy (non-hydrogen) atoms. The van der Waals surface area contributed by atoms with Crippen LogP contribution in [0.3, 0.4) is 0 Å². The van der Waals surface area contributed by atoms with E-state index in [4.69, 9.17) is 9.57 Å². The van der Waals surface area contributed by atoms with Crippen molar-refractivity contribution >= 4 is 36.1 Å². The van der Waals surface area contributed by atoms with E-state index >= 15 is 0 Å². The Hall–Kier alpha value is -1.30. The van der Waals surface area contributed by atoms with Crippen LogP contribution in [0.15, 0.2) is 33.5 Å². The van der Waals surface area contributed by atoms with E-state index in [2.05, 4.69) is 42.2 Å². The fourth-order valence-electron chi connectivity index (χ4n) is 3.72. The number of rotatable bonds is 14. The van der Waals surface area contributed by atoms with Gasteiger partial charge in [-0.1, -0.05) is 0 Å². The number of ether oxygens (including phenoxy) is 1. The topological polar surface area (TPSA) is 47.9 Å². The van der Waals surface area contributed by atoms with E-state index < -0.39 is 24.3 Å². The number of benzene rings is 1. The first-order valence-electron chi connectivity index (χ1n) is 11.1. The third kappa shape index (κ3) is 8.53. The second-order valence-electron chi connectivity index (χ2n) is 7.71. The first-order chi connectivity index (χ1) is 14.1. The Labute approximate surface area is 181 Å². The van der Waals surface area contributed by atoms with Crippen molar-refractivity contribution in [3.05, 3.63) is 39.5 Å². The maximum atomic E-state index is 12.2. The molecule has 0 fully saturated rings. The molecule has 0 heterocycles. The first kappa shape index (κ1) is 25.7. The van der Waals surface area contributed by atoms with Gasteiger partial charge in [-0.25, -0.2) is 0 Å². The molecule has 0 aliphatic carbocycles. The van der Waals surface area contributed by atoms with E-state index in [1.54, 1.807) is 0 Å². The minimum absolute atomic E-state index is 0.215. The van der Waals surface area contributed by atoms with Gasteiger partial charge < -0.3 is 0 Å². The quantitative estimate of drug-likeness (QED) is 0.123. The van der Waals surface area contributed by atoms with Gasteiger partial charge in [0.1, 0.15) is 0 Å². The second kappa shape index (κ2) is 14.6. The van der Waals surface area contributed by atoms with Crippen LogP contribution in [-0.4, -0.2) is 44.3 Å². The summed E-state index contributed by atoms with van der Waals surface area (Å²) in [6, 6.07) is 7.89. The summed E-state index contributed by atoms with van der Waals surface area (Å²) >= 11 is -2.41. The molecule has 0 bridgehead atoms. The molecule has 0 atom stereocenters. The van der Waals surface area contributed by atoms with Crippen molar-refractivity contribution in [3.8, 4) is 0 Å². The van der Waals surface area contributed by atoms with Gasteiger partial charge in [0.25, 0.3) is 0 Å². The summed E-state index contributed by atoms with van der Waals surface area (Å²) in [6.07, 6.45) is 10.0. The Bertz CT molecular complexity index is 648. The van der Waals surface area contributed by atoms with Crippen LogP contribution in [-0.2, 0) is 14.4 Å². The molecule has 0 saturated heterocycles. The van der Waals surface area contributed by atoms with Crippen LogP contribution in [0.4, 0.5) is 0 Å². The third-order valence-corrected chi connectivity index (χ3v) is 19.5. The van der Waals surface area contributed by atoms with Gasteiger partial charge in [-0.2, -0.15) is 0 Å². The van der Waals surface area contributed by atoms with Gasteiger partial charge >= 0.3 is 182 Å². The summed E-state index contributed by atoms with van der Waals surface area (Å²) in [5, 5.41) is 3.94. The zero-order valence-corrected chi connectivity index (χ0v) is 21.9. The predicted molar refractivity (Wildman–Crippen MR) is 126 cm³/mol. The zero-order valence-electron chi connectivity index (χ0n) is 19.0. The molecule has 0 spiro atoms. The molecule has 0 aliphatic rings. The van der Waals surface area contributed by atoms with Gasteiger partial charge in [-0.05, 0) is 0 Å². The third-order valence-electron chi connectivity index (χ3n) is 5.48. The monoisotopic (exact) mass is 509 g/mol. The number of hydrogen-bond acceptors (Lipinski definition) is 4. The average Bonchev–Trinajstić information content (AvgIpc) is 2.76. The predicted octanol–water partition coefficient (Wildman–Crippen LogP) is 6.61. The van der Waals surface area contributed by atoms with Crippen molar-refractivity contribution in [1.82, 2.24) is 0 Å². The molecule has 0 saturated carbocycles. The number of esters is 1. The van der Waals surface area contributed by atoms with Crippen molar-refractivity contribution in [2.45, 2.75) is 72.6 Å². The number of hydrogen-bond donors (Lipinski definition) is 0. The second-order valence-corrected chi connectivity index (χ2v) is 20.7. The molecule has 5 heteroatoms. The van der Waals surface area contributed by atoms with E-state index in [1.807, 2.05) is 18.2 Å². The summed E-state index contributed by atoms with van der Waals surface area (Å²) in [4.78, 5) is 17.2. The maximum absolute atomic E-state index is 12.2. The number of carbonyl (C=O) groups excluding carboxylic acids is 1. The molecular formula is C24H39NO3Sn. The Morgan fingerprint density at radius 2 is 1.52 bits per heavy atom. The fourth-order valence-corrected chi connectivity index (χ4v) is 17.9. The van der Waals surface area contributed by atoms with Crippen molar-refractivity contribution in [3.63, 3.8) is 0 Å². The minimum atomic E-state index is -2.41. The SMILES string of the molecule is CCC[CH2][Sn](/[CH]=C/c1ccccc1/C(=N\OC)C(=O)OC)([CH2]CCC)[CH2]CCC. The molecule has 162 valence electrons. The molecule has 0 aromatic heterocycles. The van der Waals surface area contributed by atoms with Crippen LogP contribution in [0.25, 0.3) is 6.08 Å². The molecular weight excluding hydrogens is 469 g/mol. The summed E-state index contributed by atoms with van der Waals surface area (Å²) in [7, 11) is 2.82. The number of carbonyl (C=O) groups is 1. The van der Waals surface area contributed by atoms with Crippen LogP contribution in [0.1, 0.15) is 70.4 Å². The van der Waals surface area contributed by atoms with Crippen molar-refractivity contribution in [2.24, 2.45) is 5.16 Å². The molecule has 0 amide bonds. The Kier molecular flexibility index (Phi) is 13.0. The van der Waals surface area contributed by atoms with Gasteiger partial charge in [0.15, 0.2) is 0 Å². The molecule has 0 radical (unpaired) electrons. The Morgan fingerprint density at radius 1 is 0.966 bits per heavy atom. The van der Waals surface area contributed by atoms with Gasteiger partial charge in [0.05, 0.1) is 0 Å². The standard InChI is InChI=1S/C12H12NO3.3C4H9.Sn/c1-4-9-7-5-6-8-10(9)11(13-16-3)12(14)15-2;3*1-3-4-2;/h1,4-8H,2-3H3;3*1,3-4H2,2H3;/b4-1?,13-11+;;;;. The number of nitrogens with zero attached hydrogens (tertiary/aromatic N) is 1. The van der Waals surface area contributed by atoms with Crippen LogP contribution >= 0.6 is 0 Å². The van der Waals surface area contributed by atoms with Crippen molar-refractivity contribution in [2.75, 3.05) is 14.2 Å². The molecule has 4 nitrogen and oxygen atoms in total. The fraction of sp³-hybridized carbons (Fsp3) is 0.583. The van der Waals surface area contributed by atoms with Crippen LogP contribution in [0.5, 0.6) is 0 Å². The number of methoxy groups -OCH3 is 1. The van der Waals surface area contributed by atoms with Gasteiger partial charge in [0.2, 0.25) is 0 Å². The van der Waals surface area contributed by atoms with E-state index in [-0.39, 0.29) is 5.71 Å². The van der Waals surface area contributed by atoms with E-state index in [1.165, 1.54) is 66.1 Å². The van der Waals surface area contributed by atoms with Gasteiger partial charge in [-0.15, -0.1) is 0 Å². The molecule has 0 aliphatic heterocycles. The van der Waals surface area contributed by atoms with Crippen LogP contribution in [0.2, 0.25) is 13.3 Å². The molecule has 1 aromatic carbocycles. The van der Waals surface area contributed by atoms with Crippen LogP contribution < -0.4 is 0 Å². The molecule has 1 aromatic rings. The summed E-state index contributed by atoms with van der Waals surface area (Å²) in [5.41, 5.74) is 1.99. The van der Waals surface area contributed by atoms with Gasteiger partial charge in [0, 0.05) is 0 Å². The van der Waals surface area contributed by atoms with E-state index in [0.29, 0.717) is 0 Å². The summed E-state index contributed by atoms with van der Waals surface area (Å²) in [5.74, 6) is -0.481. The number of unbranched alkanes of at least 4 members (excludes halogenated alkanes) is 3. The van der Waals surface area contributed by atoms with E-state index in [9.17, 15) is 4.79 Å². The summed E-state index contributed by atoms with van der Waals surface area (Å²) < 4.78 is 11.8. The summed E-state index contributed by atoms with van der Waals surface area (Å²) in [6.45, 7) is 6.87. The zero-order chi connectivity index (χ0) is 21.5. The van der Waals surface area contributed by atoms with Crippen molar-refractivity contribution in [1.29, 1.82) is 0 Å². The molecule has 1 rings (SSSR count). The number of oxime groups is 1. The Balaban J connectivity index is 3.33. The van der Waals surface area contributed by atoms with E-state index in [0.717, 1.165) is 11.1 Å². The molecule has 0 unspecified atom stereocenters.